The lowest BCUT2D eigenvalue weighted by Crippen LogP contribution is -2.64. The molecule has 0 aliphatic carbocycles. The lowest BCUT2D eigenvalue weighted by atomic mass is 9.94. The fourth-order valence-electron chi connectivity index (χ4n) is 3.08. The number of likely N-dealkylation sites (tertiary alicyclic amines) is 1. The van der Waals surface area contributed by atoms with E-state index in [-0.39, 0.29) is 39.1 Å². The molecule has 3 aliphatic heterocycles. The van der Waals surface area contributed by atoms with Crippen LogP contribution in [0, 0.1) is 11.8 Å². The predicted molar refractivity (Wildman–Crippen MR) is 97.6 cm³/mol. The molecule has 0 unspecified atom stereocenters. The van der Waals surface area contributed by atoms with Crippen molar-refractivity contribution in [3.63, 3.8) is 0 Å². The van der Waals surface area contributed by atoms with E-state index >= 15 is 0 Å². The van der Waals surface area contributed by atoms with E-state index in [1.54, 1.807) is 0 Å². The molecule has 0 aromatic carbocycles. The molecule has 3 rings (SSSR count). The largest absolute Gasteiger partial charge is 0.534 e. The minimum Gasteiger partial charge on any atom is -0.423 e. The van der Waals surface area contributed by atoms with Crippen LogP contribution in [0.3, 0.4) is 0 Å². The van der Waals surface area contributed by atoms with Gasteiger partial charge in [-0.3, -0.25) is 19.2 Å². The molecule has 3 aliphatic rings. The maximum absolute atomic E-state index is 12.2. The standard InChI is InChI=1S/C17H21N3O9S/c1-30(25,26)19-7-2-6-17(28-9-3-8-19)11-18(12-17)15(23)10-27-16(24)29-20-13(21)4-5-14(20)22/h3-5,7-12H2,1H3. The second-order valence-electron chi connectivity index (χ2n) is 7.06. The third-order valence-electron chi connectivity index (χ3n) is 4.70. The van der Waals surface area contributed by atoms with Gasteiger partial charge in [0.25, 0.3) is 17.7 Å². The summed E-state index contributed by atoms with van der Waals surface area (Å²) in [5.41, 5.74) is -0.891. The van der Waals surface area contributed by atoms with E-state index in [1.807, 2.05) is 0 Å². The zero-order valence-electron chi connectivity index (χ0n) is 16.3. The Kier molecular flexibility index (Phi) is 6.30. The number of hydrogen-bond acceptors (Lipinski definition) is 9. The number of rotatable bonds is 4. The van der Waals surface area contributed by atoms with Gasteiger partial charge in [-0.2, -0.15) is 4.31 Å². The van der Waals surface area contributed by atoms with Gasteiger partial charge in [-0.25, -0.2) is 13.2 Å². The number of imide groups is 1. The second-order valence-corrected chi connectivity index (χ2v) is 9.04. The zero-order valence-corrected chi connectivity index (χ0v) is 17.1. The minimum absolute atomic E-state index is 0.0424. The van der Waals surface area contributed by atoms with Gasteiger partial charge in [0.05, 0.1) is 32.5 Å². The van der Waals surface area contributed by atoms with Crippen LogP contribution in [0.1, 0.15) is 19.3 Å². The summed E-state index contributed by atoms with van der Waals surface area (Å²) in [6, 6.07) is 0. The van der Waals surface area contributed by atoms with E-state index in [0.29, 0.717) is 18.0 Å². The molecule has 0 bridgehead atoms. The molecule has 30 heavy (non-hydrogen) atoms. The van der Waals surface area contributed by atoms with Crippen LogP contribution in [0.4, 0.5) is 4.79 Å². The highest BCUT2D eigenvalue weighted by molar-refractivity contribution is 7.88. The first-order valence-electron chi connectivity index (χ1n) is 9.17. The summed E-state index contributed by atoms with van der Waals surface area (Å²) >= 11 is 0. The SMILES string of the molecule is CS(=O)(=O)N1CC#CC2(CN(C(=O)COC(=O)ON3C(=O)CCC3=O)C2)OCCC1. The van der Waals surface area contributed by atoms with Crippen LogP contribution in [-0.2, 0) is 38.7 Å². The molecule has 0 aromatic heterocycles. The van der Waals surface area contributed by atoms with Crippen molar-refractivity contribution in [1.82, 2.24) is 14.3 Å². The number of ether oxygens (including phenoxy) is 2. The molecule has 13 heteroatoms. The van der Waals surface area contributed by atoms with Gasteiger partial charge in [-0.05, 0) is 6.42 Å². The maximum Gasteiger partial charge on any atom is 0.534 e. The van der Waals surface area contributed by atoms with Gasteiger partial charge >= 0.3 is 6.16 Å². The molecule has 0 atom stereocenters. The van der Waals surface area contributed by atoms with E-state index in [0.717, 1.165) is 6.26 Å². The van der Waals surface area contributed by atoms with Crippen molar-refractivity contribution in [2.75, 3.05) is 45.6 Å². The molecule has 12 nitrogen and oxygen atoms in total. The molecule has 2 saturated heterocycles. The number of hydrogen-bond donors (Lipinski definition) is 0. The van der Waals surface area contributed by atoms with Crippen LogP contribution >= 0.6 is 0 Å². The Balaban J connectivity index is 1.47. The van der Waals surface area contributed by atoms with Gasteiger partial charge in [-0.1, -0.05) is 16.9 Å². The topological polar surface area (TPSA) is 140 Å². The summed E-state index contributed by atoms with van der Waals surface area (Å²) in [6.45, 7) is 0.257. The monoisotopic (exact) mass is 443 g/mol. The molecule has 164 valence electrons. The summed E-state index contributed by atoms with van der Waals surface area (Å²) in [7, 11) is -3.36. The fraction of sp³-hybridized carbons (Fsp3) is 0.647. The van der Waals surface area contributed by atoms with Gasteiger partial charge in [0.2, 0.25) is 10.0 Å². The minimum atomic E-state index is -3.36. The smallest absolute Gasteiger partial charge is 0.423 e. The number of amides is 3. The van der Waals surface area contributed by atoms with Gasteiger partial charge in [-0.15, -0.1) is 0 Å². The van der Waals surface area contributed by atoms with Crippen LogP contribution < -0.4 is 0 Å². The van der Waals surface area contributed by atoms with Crippen molar-refractivity contribution in [1.29, 1.82) is 0 Å². The van der Waals surface area contributed by atoms with Gasteiger partial charge < -0.3 is 14.4 Å². The molecule has 1 spiro atoms. The third kappa shape index (κ3) is 5.07. The van der Waals surface area contributed by atoms with E-state index in [1.165, 1.54) is 9.21 Å². The highest BCUT2D eigenvalue weighted by Crippen LogP contribution is 2.26. The molecule has 0 saturated carbocycles. The van der Waals surface area contributed by atoms with Crippen LogP contribution in [-0.4, -0.2) is 97.8 Å². The van der Waals surface area contributed by atoms with Crippen molar-refractivity contribution >= 4 is 33.9 Å². The average Bonchev–Trinajstić information content (AvgIpc) is 3.01. The van der Waals surface area contributed by atoms with Crippen LogP contribution in [0.5, 0.6) is 0 Å². The molecule has 0 N–H and O–H groups in total. The molecular weight excluding hydrogens is 422 g/mol. The highest BCUT2D eigenvalue weighted by atomic mass is 32.2. The average molecular weight is 443 g/mol. The van der Waals surface area contributed by atoms with Crippen molar-refractivity contribution in [3.8, 4) is 11.8 Å². The highest BCUT2D eigenvalue weighted by Gasteiger charge is 2.46. The molecule has 0 radical (unpaired) electrons. The number of carbonyl (C=O) groups is 4. The Morgan fingerprint density at radius 2 is 1.87 bits per heavy atom. The summed E-state index contributed by atoms with van der Waals surface area (Å²) in [4.78, 5) is 52.4. The van der Waals surface area contributed by atoms with Crippen molar-refractivity contribution in [2.45, 2.75) is 24.9 Å². The fourth-order valence-corrected chi connectivity index (χ4v) is 3.84. The summed E-state index contributed by atoms with van der Waals surface area (Å²) in [5.74, 6) is 3.86. The van der Waals surface area contributed by atoms with Crippen LogP contribution in [0.15, 0.2) is 0 Å². The predicted octanol–water partition coefficient (Wildman–Crippen LogP) is -1.53. The molecule has 0 aromatic rings. The van der Waals surface area contributed by atoms with E-state index in [2.05, 4.69) is 21.4 Å². The van der Waals surface area contributed by atoms with Gasteiger partial charge in [0.1, 0.15) is 0 Å². The van der Waals surface area contributed by atoms with E-state index in [9.17, 15) is 27.6 Å². The van der Waals surface area contributed by atoms with Gasteiger partial charge in [0.15, 0.2) is 12.2 Å². The van der Waals surface area contributed by atoms with Gasteiger partial charge in [0, 0.05) is 19.4 Å². The molecular formula is C17H21N3O9S. The Bertz CT molecular complexity index is 898. The first kappa shape index (κ1) is 22.0. The van der Waals surface area contributed by atoms with E-state index < -0.39 is 46.1 Å². The Hall–Kier alpha value is -2.69. The maximum atomic E-state index is 12.2. The second kappa shape index (κ2) is 8.58. The summed E-state index contributed by atoms with van der Waals surface area (Å²) < 4.78 is 35.1. The Morgan fingerprint density at radius 3 is 2.50 bits per heavy atom. The Morgan fingerprint density at radius 1 is 1.20 bits per heavy atom. The zero-order chi connectivity index (χ0) is 21.9. The van der Waals surface area contributed by atoms with Crippen LogP contribution in [0.25, 0.3) is 0 Å². The summed E-state index contributed by atoms with van der Waals surface area (Å²) in [5, 5.41) is 0.326. The lowest BCUT2D eigenvalue weighted by molar-refractivity contribution is -0.178. The number of nitrogens with zero attached hydrogens (tertiary/aromatic N) is 3. The Labute approximate surface area is 173 Å². The first-order valence-corrected chi connectivity index (χ1v) is 11.0. The normalized spacial score (nSPS) is 21.8. The number of sulfonamides is 1. The van der Waals surface area contributed by atoms with Crippen molar-refractivity contribution in [2.24, 2.45) is 0 Å². The molecule has 2 fully saturated rings. The van der Waals surface area contributed by atoms with E-state index in [4.69, 9.17) is 4.74 Å². The first-order chi connectivity index (χ1) is 14.1. The van der Waals surface area contributed by atoms with Crippen LogP contribution in [0.2, 0.25) is 0 Å². The van der Waals surface area contributed by atoms with Crippen molar-refractivity contribution in [3.05, 3.63) is 0 Å². The third-order valence-corrected chi connectivity index (χ3v) is 5.95. The van der Waals surface area contributed by atoms with Crippen molar-refractivity contribution < 1.29 is 41.9 Å². The molecule has 3 amide bonds. The quantitative estimate of drug-likeness (QED) is 0.287. The number of carbonyl (C=O) groups excluding carboxylic acids is 4. The number of hydroxylamine groups is 2. The lowest BCUT2D eigenvalue weighted by Gasteiger charge is -2.46. The molecule has 3 heterocycles. The summed E-state index contributed by atoms with van der Waals surface area (Å²) in [6.07, 6.45) is 0.164.